The summed E-state index contributed by atoms with van der Waals surface area (Å²) >= 11 is 0. The SMILES string of the molecule is CC(C)(C)NS(=O)(=O)c1ccc(NC(=O)[C@H](Cc2ccc(F)cc2)NC(=O)c2ccc(F)cc2)cc1. The summed E-state index contributed by atoms with van der Waals surface area (Å²) in [4.78, 5) is 25.8. The van der Waals surface area contributed by atoms with Crippen LogP contribution in [0.5, 0.6) is 0 Å². The van der Waals surface area contributed by atoms with E-state index in [0.717, 1.165) is 12.1 Å². The summed E-state index contributed by atoms with van der Waals surface area (Å²) in [7, 11) is -3.75. The highest BCUT2D eigenvalue weighted by atomic mass is 32.2. The highest BCUT2D eigenvalue weighted by Crippen LogP contribution is 2.17. The lowest BCUT2D eigenvalue weighted by molar-refractivity contribution is -0.118. The van der Waals surface area contributed by atoms with Gasteiger partial charge in [-0.05, 0) is 87.0 Å². The second-order valence-corrected chi connectivity index (χ2v) is 10.9. The van der Waals surface area contributed by atoms with E-state index >= 15 is 0 Å². The number of benzene rings is 3. The molecule has 0 radical (unpaired) electrons. The third-order valence-corrected chi connectivity index (χ3v) is 6.73. The Labute approximate surface area is 209 Å². The van der Waals surface area contributed by atoms with Crippen LogP contribution in [0.3, 0.4) is 0 Å². The Balaban J connectivity index is 1.78. The van der Waals surface area contributed by atoms with Crippen molar-refractivity contribution >= 4 is 27.5 Å². The van der Waals surface area contributed by atoms with Crippen molar-refractivity contribution in [1.29, 1.82) is 0 Å². The predicted molar refractivity (Wildman–Crippen MR) is 133 cm³/mol. The number of anilines is 1. The molecular formula is C26H27F2N3O4S. The van der Waals surface area contributed by atoms with Crippen molar-refractivity contribution in [1.82, 2.24) is 10.0 Å². The Morgan fingerprint density at radius 1 is 0.833 bits per heavy atom. The van der Waals surface area contributed by atoms with Gasteiger partial charge < -0.3 is 10.6 Å². The van der Waals surface area contributed by atoms with Crippen LogP contribution in [0.15, 0.2) is 77.7 Å². The van der Waals surface area contributed by atoms with Crippen LogP contribution in [0, 0.1) is 11.6 Å². The molecule has 3 N–H and O–H groups in total. The number of rotatable bonds is 8. The van der Waals surface area contributed by atoms with Gasteiger partial charge in [0.2, 0.25) is 15.9 Å². The minimum Gasteiger partial charge on any atom is -0.340 e. The van der Waals surface area contributed by atoms with E-state index in [1.54, 1.807) is 20.8 Å². The summed E-state index contributed by atoms with van der Waals surface area (Å²) < 4.78 is 54.1. The lowest BCUT2D eigenvalue weighted by atomic mass is 10.0. The molecule has 1 atom stereocenters. The van der Waals surface area contributed by atoms with Gasteiger partial charge >= 0.3 is 0 Å². The first-order valence-corrected chi connectivity index (χ1v) is 12.6. The maximum Gasteiger partial charge on any atom is 0.251 e. The summed E-state index contributed by atoms with van der Waals surface area (Å²) in [6.07, 6.45) is 0.0566. The number of carbonyl (C=O) groups excluding carboxylic acids is 2. The number of hydrogen-bond donors (Lipinski definition) is 3. The molecule has 0 fully saturated rings. The molecule has 0 spiro atoms. The highest BCUT2D eigenvalue weighted by Gasteiger charge is 2.24. The molecule has 7 nitrogen and oxygen atoms in total. The molecule has 0 aromatic heterocycles. The van der Waals surface area contributed by atoms with Crippen molar-refractivity contribution in [3.05, 3.63) is 95.6 Å². The number of hydrogen-bond acceptors (Lipinski definition) is 4. The fraction of sp³-hybridized carbons (Fsp3) is 0.231. The molecule has 3 aromatic carbocycles. The van der Waals surface area contributed by atoms with Crippen LogP contribution >= 0.6 is 0 Å². The fourth-order valence-corrected chi connectivity index (χ4v) is 4.74. The smallest absolute Gasteiger partial charge is 0.251 e. The molecule has 10 heteroatoms. The standard InChI is InChI=1S/C26H27F2N3O4S/c1-26(2,3)31-36(34,35)22-14-12-21(13-15-22)29-25(33)23(16-17-4-8-19(27)9-5-17)30-24(32)18-6-10-20(28)11-7-18/h4-15,23,31H,16H2,1-3H3,(H,29,33)(H,30,32)/t23-/m0/s1. The highest BCUT2D eigenvalue weighted by molar-refractivity contribution is 7.89. The lowest BCUT2D eigenvalue weighted by Gasteiger charge is -2.21. The third kappa shape index (κ3) is 7.69. The zero-order valence-electron chi connectivity index (χ0n) is 20.0. The second-order valence-electron chi connectivity index (χ2n) is 9.23. The van der Waals surface area contributed by atoms with Gasteiger partial charge in [0.05, 0.1) is 4.90 Å². The molecule has 0 unspecified atom stereocenters. The van der Waals surface area contributed by atoms with Crippen molar-refractivity contribution in [3.8, 4) is 0 Å². The van der Waals surface area contributed by atoms with Crippen molar-refractivity contribution in [2.75, 3.05) is 5.32 Å². The molecule has 3 rings (SSSR count). The molecule has 190 valence electrons. The van der Waals surface area contributed by atoms with Crippen molar-refractivity contribution in [2.45, 2.75) is 43.7 Å². The zero-order valence-corrected chi connectivity index (χ0v) is 20.8. The zero-order chi connectivity index (χ0) is 26.5. The predicted octanol–water partition coefficient (Wildman–Crippen LogP) is 4.02. The average molecular weight is 516 g/mol. The van der Waals surface area contributed by atoms with Gasteiger partial charge in [-0.1, -0.05) is 12.1 Å². The van der Waals surface area contributed by atoms with Crippen molar-refractivity contribution in [2.24, 2.45) is 0 Å². The van der Waals surface area contributed by atoms with Crippen LogP contribution in [0.25, 0.3) is 0 Å². The molecule has 0 aliphatic heterocycles. The molecular weight excluding hydrogens is 488 g/mol. The van der Waals surface area contributed by atoms with Gasteiger partial charge in [-0.3, -0.25) is 9.59 Å². The summed E-state index contributed by atoms with van der Waals surface area (Å²) in [5.74, 6) is -2.11. The first kappa shape index (κ1) is 27.0. The summed E-state index contributed by atoms with van der Waals surface area (Å²) in [6.45, 7) is 5.17. The first-order chi connectivity index (χ1) is 16.8. The van der Waals surface area contributed by atoms with E-state index in [1.165, 1.54) is 60.7 Å². The van der Waals surface area contributed by atoms with Gasteiger partial charge in [-0.25, -0.2) is 21.9 Å². The van der Waals surface area contributed by atoms with Gasteiger partial charge in [-0.2, -0.15) is 0 Å². The Hall–Kier alpha value is -3.63. The lowest BCUT2D eigenvalue weighted by Crippen LogP contribution is -2.45. The van der Waals surface area contributed by atoms with Crippen LogP contribution in [0.2, 0.25) is 0 Å². The van der Waals surface area contributed by atoms with E-state index in [-0.39, 0.29) is 16.9 Å². The van der Waals surface area contributed by atoms with Crippen molar-refractivity contribution < 1.29 is 26.8 Å². The molecule has 0 heterocycles. The molecule has 0 saturated carbocycles. The topological polar surface area (TPSA) is 104 Å². The Morgan fingerprint density at radius 3 is 1.89 bits per heavy atom. The number of sulfonamides is 1. The average Bonchev–Trinajstić information content (AvgIpc) is 2.79. The molecule has 3 aromatic rings. The summed E-state index contributed by atoms with van der Waals surface area (Å²) in [5.41, 5.74) is 0.414. The minimum atomic E-state index is -3.75. The van der Waals surface area contributed by atoms with Gasteiger partial charge in [0.15, 0.2) is 0 Å². The van der Waals surface area contributed by atoms with Gasteiger partial charge in [-0.15, -0.1) is 0 Å². The van der Waals surface area contributed by atoms with E-state index < -0.39 is 45.1 Å². The molecule has 0 bridgehead atoms. The molecule has 0 saturated heterocycles. The van der Waals surface area contributed by atoms with Crippen LogP contribution < -0.4 is 15.4 Å². The Bertz CT molecular complexity index is 1320. The minimum absolute atomic E-state index is 0.0305. The van der Waals surface area contributed by atoms with Crippen LogP contribution in [-0.2, 0) is 21.2 Å². The molecule has 36 heavy (non-hydrogen) atoms. The van der Waals surface area contributed by atoms with Crippen LogP contribution in [-0.4, -0.2) is 31.8 Å². The number of nitrogens with one attached hydrogen (secondary N) is 3. The fourth-order valence-electron chi connectivity index (χ4n) is 3.32. The second kappa shape index (κ2) is 11.0. The monoisotopic (exact) mass is 515 g/mol. The van der Waals surface area contributed by atoms with E-state index in [1.807, 2.05) is 0 Å². The van der Waals surface area contributed by atoms with Gasteiger partial charge in [0.25, 0.3) is 5.91 Å². The van der Waals surface area contributed by atoms with Gasteiger partial charge in [0.1, 0.15) is 17.7 Å². The van der Waals surface area contributed by atoms with E-state index in [4.69, 9.17) is 0 Å². The van der Waals surface area contributed by atoms with Crippen LogP contribution in [0.1, 0.15) is 36.7 Å². The van der Waals surface area contributed by atoms with Gasteiger partial charge in [0, 0.05) is 23.2 Å². The summed E-state index contributed by atoms with van der Waals surface area (Å²) in [6, 6.07) is 14.9. The normalized spacial score (nSPS) is 12.6. The summed E-state index contributed by atoms with van der Waals surface area (Å²) in [5, 5.41) is 5.29. The third-order valence-electron chi connectivity index (χ3n) is 4.95. The van der Waals surface area contributed by atoms with E-state index in [2.05, 4.69) is 15.4 Å². The Kier molecular flexibility index (Phi) is 8.21. The Morgan fingerprint density at radius 2 is 1.36 bits per heavy atom. The molecule has 2 amide bonds. The van der Waals surface area contributed by atoms with Crippen LogP contribution in [0.4, 0.5) is 14.5 Å². The number of halogens is 2. The maximum atomic E-state index is 13.3. The largest absolute Gasteiger partial charge is 0.340 e. The quantitative estimate of drug-likeness (QED) is 0.422. The van der Waals surface area contributed by atoms with E-state index in [0.29, 0.717) is 11.3 Å². The number of amides is 2. The van der Waals surface area contributed by atoms with Crippen molar-refractivity contribution in [3.63, 3.8) is 0 Å². The number of carbonyl (C=O) groups is 2. The first-order valence-electron chi connectivity index (χ1n) is 11.1. The molecule has 0 aliphatic carbocycles. The maximum absolute atomic E-state index is 13.3. The molecule has 0 aliphatic rings. The van der Waals surface area contributed by atoms with E-state index in [9.17, 15) is 26.8 Å².